The second kappa shape index (κ2) is 7.78. The molecule has 1 saturated heterocycles. The quantitative estimate of drug-likeness (QED) is 0.545. The standard InChI is InChI=1S/C22H25N7O/c1-15(2)30-17-4-5-19-18(12-17)22(27-26-19)20-13-21(24-14-23-20)28-10-6-16(7-11-28)29-9-3-8-25-29/h3-5,8-9,12-16H,6-7,10-11H2,1-2H3,(H,26,27). The van der Waals surface area contributed by atoms with Gasteiger partial charge in [-0.05, 0) is 51.0 Å². The van der Waals surface area contributed by atoms with Crippen LogP contribution in [0.15, 0.2) is 49.1 Å². The molecular formula is C22H25N7O. The van der Waals surface area contributed by atoms with Crippen molar-refractivity contribution in [2.75, 3.05) is 18.0 Å². The van der Waals surface area contributed by atoms with Crippen molar-refractivity contribution in [2.24, 2.45) is 0 Å². The van der Waals surface area contributed by atoms with Crippen LogP contribution in [0.4, 0.5) is 5.82 Å². The molecule has 3 aromatic heterocycles. The number of aromatic nitrogens is 6. The molecule has 0 bridgehead atoms. The summed E-state index contributed by atoms with van der Waals surface area (Å²) in [5.41, 5.74) is 2.58. The minimum Gasteiger partial charge on any atom is -0.491 e. The van der Waals surface area contributed by atoms with E-state index in [2.05, 4.69) is 34.8 Å². The smallest absolute Gasteiger partial charge is 0.132 e. The molecule has 1 N–H and O–H groups in total. The van der Waals surface area contributed by atoms with Gasteiger partial charge in [-0.3, -0.25) is 9.78 Å². The predicted molar refractivity (Wildman–Crippen MR) is 116 cm³/mol. The molecule has 0 saturated carbocycles. The summed E-state index contributed by atoms with van der Waals surface area (Å²) < 4.78 is 7.92. The van der Waals surface area contributed by atoms with Gasteiger partial charge in [-0.1, -0.05) is 0 Å². The van der Waals surface area contributed by atoms with Gasteiger partial charge < -0.3 is 9.64 Å². The Labute approximate surface area is 174 Å². The number of fused-ring (bicyclic) bond motifs is 1. The third-order valence-corrected chi connectivity index (χ3v) is 5.49. The molecule has 1 aromatic carbocycles. The Morgan fingerprint density at radius 1 is 1.13 bits per heavy atom. The van der Waals surface area contributed by atoms with Gasteiger partial charge in [0, 0.05) is 36.9 Å². The maximum absolute atomic E-state index is 5.85. The van der Waals surface area contributed by atoms with Crippen molar-refractivity contribution in [3.05, 3.63) is 49.1 Å². The van der Waals surface area contributed by atoms with Crippen molar-refractivity contribution in [1.82, 2.24) is 29.9 Å². The van der Waals surface area contributed by atoms with Crippen LogP contribution in [-0.2, 0) is 0 Å². The van der Waals surface area contributed by atoms with Crippen LogP contribution in [-0.4, -0.2) is 49.1 Å². The Balaban J connectivity index is 1.39. The first-order valence-corrected chi connectivity index (χ1v) is 10.4. The number of aromatic amines is 1. The fourth-order valence-electron chi connectivity index (χ4n) is 4.04. The molecule has 4 heterocycles. The number of benzene rings is 1. The number of nitrogens with zero attached hydrogens (tertiary/aromatic N) is 6. The van der Waals surface area contributed by atoms with Crippen LogP contribution in [0, 0.1) is 0 Å². The predicted octanol–water partition coefficient (Wildman–Crippen LogP) is 3.85. The normalized spacial score (nSPS) is 15.2. The molecule has 0 unspecified atom stereocenters. The van der Waals surface area contributed by atoms with Gasteiger partial charge in [0.1, 0.15) is 23.6 Å². The molecule has 4 aromatic rings. The van der Waals surface area contributed by atoms with Gasteiger partial charge in [-0.15, -0.1) is 0 Å². The monoisotopic (exact) mass is 403 g/mol. The molecule has 5 rings (SSSR count). The molecule has 8 heteroatoms. The Morgan fingerprint density at radius 3 is 2.77 bits per heavy atom. The number of H-pyrrole nitrogens is 1. The molecule has 0 aliphatic carbocycles. The molecule has 0 amide bonds. The number of rotatable bonds is 5. The first kappa shape index (κ1) is 18.6. The number of nitrogens with one attached hydrogen (secondary N) is 1. The van der Waals surface area contributed by atoms with E-state index in [0.717, 1.165) is 59.8 Å². The Hall–Kier alpha value is -3.42. The van der Waals surface area contributed by atoms with Gasteiger partial charge in [0.2, 0.25) is 0 Å². The molecule has 154 valence electrons. The van der Waals surface area contributed by atoms with Gasteiger partial charge in [-0.25, -0.2) is 9.97 Å². The maximum Gasteiger partial charge on any atom is 0.132 e. The molecule has 1 aliphatic rings. The van der Waals surface area contributed by atoms with Crippen LogP contribution < -0.4 is 9.64 Å². The van der Waals surface area contributed by atoms with E-state index in [0.29, 0.717) is 6.04 Å². The Bertz CT molecular complexity index is 1130. The first-order chi connectivity index (χ1) is 14.7. The fourth-order valence-corrected chi connectivity index (χ4v) is 4.04. The lowest BCUT2D eigenvalue weighted by atomic mass is 10.1. The molecule has 8 nitrogen and oxygen atoms in total. The number of ether oxygens (including phenoxy) is 1. The van der Waals surface area contributed by atoms with Gasteiger partial charge >= 0.3 is 0 Å². The highest BCUT2D eigenvalue weighted by molar-refractivity contribution is 5.93. The highest BCUT2D eigenvalue weighted by Gasteiger charge is 2.22. The molecule has 0 spiro atoms. The zero-order valence-electron chi connectivity index (χ0n) is 17.2. The van der Waals surface area contributed by atoms with E-state index in [9.17, 15) is 0 Å². The molecule has 1 fully saturated rings. The van der Waals surface area contributed by atoms with Gasteiger partial charge in [0.15, 0.2) is 0 Å². The summed E-state index contributed by atoms with van der Waals surface area (Å²) in [5, 5.41) is 13.0. The van der Waals surface area contributed by atoms with Crippen molar-refractivity contribution < 1.29 is 4.74 Å². The molecule has 1 aliphatic heterocycles. The van der Waals surface area contributed by atoms with E-state index in [1.165, 1.54) is 0 Å². The molecule has 0 atom stereocenters. The topological polar surface area (TPSA) is 84.8 Å². The minimum atomic E-state index is 0.119. The lowest BCUT2D eigenvalue weighted by molar-refractivity contribution is 0.243. The minimum absolute atomic E-state index is 0.119. The van der Waals surface area contributed by atoms with Crippen LogP contribution in [0.1, 0.15) is 32.7 Å². The van der Waals surface area contributed by atoms with Gasteiger partial charge in [0.05, 0.1) is 23.4 Å². The number of anilines is 1. The van der Waals surface area contributed by atoms with Crippen LogP contribution in [0.2, 0.25) is 0 Å². The molecular weight excluding hydrogens is 378 g/mol. The summed E-state index contributed by atoms with van der Waals surface area (Å²) in [6.07, 6.45) is 7.72. The third-order valence-electron chi connectivity index (χ3n) is 5.49. The first-order valence-electron chi connectivity index (χ1n) is 10.4. The summed E-state index contributed by atoms with van der Waals surface area (Å²) >= 11 is 0. The number of hydrogen-bond acceptors (Lipinski definition) is 6. The van der Waals surface area contributed by atoms with Crippen molar-refractivity contribution in [3.63, 3.8) is 0 Å². The summed E-state index contributed by atoms with van der Waals surface area (Å²) in [6, 6.07) is 10.4. The van der Waals surface area contributed by atoms with E-state index in [1.54, 1.807) is 6.33 Å². The average molecular weight is 403 g/mol. The van der Waals surface area contributed by atoms with Crippen molar-refractivity contribution in [1.29, 1.82) is 0 Å². The van der Waals surface area contributed by atoms with Crippen LogP contribution >= 0.6 is 0 Å². The van der Waals surface area contributed by atoms with Crippen molar-refractivity contribution in [2.45, 2.75) is 38.8 Å². The lowest BCUT2D eigenvalue weighted by Crippen LogP contribution is -2.35. The van der Waals surface area contributed by atoms with Crippen LogP contribution in [0.25, 0.3) is 22.3 Å². The Kier molecular flexibility index (Phi) is 4.82. The fraction of sp³-hybridized carbons (Fsp3) is 0.364. The van der Waals surface area contributed by atoms with E-state index in [4.69, 9.17) is 4.74 Å². The van der Waals surface area contributed by atoms with Crippen LogP contribution in [0.3, 0.4) is 0 Å². The van der Waals surface area contributed by atoms with Crippen LogP contribution in [0.5, 0.6) is 5.75 Å². The second-order valence-electron chi connectivity index (χ2n) is 7.91. The SMILES string of the molecule is CC(C)Oc1ccc2[nH]nc(-c3cc(N4CCC(n5cccn5)CC4)ncn3)c2c1. The maximum atomic E-state index is 5.85. The Morgan fingerprint density at radius 2 is 2.00 bits per heavy atom. The summed E-state index contributed by atoms with van der Waals surface area (Å²) in [5.74, 6) is 1.76. The van der Waals surface area contributed by atoms with Gasteiger partial charge in [-0.2, -0.15) is 10.2 Å². The third kappa shape index (κ3) is 3.60. The van der Waals surface area contributed by atoms with E-state index in [-0.39, 0.29) is 6.10 Å². The van der Waals surface area contributed by atoms with Gasteiger partial charge in [0.25, 0.3) is 0 Å². The molecule has 30 heavy (non-hydrogen) atoms. The lowest BCUT2D eigenvalue weighted by Gasteiger charge is -2.32. The van der Waals surface area contributed by atoms with E-state index >= 15 is 0 Å². The zero-order chi connectivity index (χ0) is 20.5. The summed E-state index contributed by atoms with van der Waals surface area (Å²) in [7, 11) is 0. The summed E-state index contributed by atoms with van der Waals surface area (Å²) in [6.45, 7) is 5.92. The van der Waals surface area contributed by atoms with Crippen molar-refractivity contribution in [3.8, 4) is 17.1 Å². The van der Waals surface area contributed by atoms with E-state index < -0.39 is 0 Å². The largest absolute Gasteiger partial charge is 0.491 e. The highest BCUT2D eigenvalue weighted by atomic mass is 16.5. The number of hydrogen-bond donors (Lipinski definition) is 1. The van der Waals surface area contributed by atoms with Crippen molar-refractivity contribution >= 4 is 16.7 Å². The second-order valence-corrected chi connectivity index (χ2v) is 7.91. The zero-order valence-corrected chi connectivity index (χ0v) is 17.2. The summed E-state index contributed by atoms with van der Waals surface area (Å²) in [4.78, 5) is 11.3. The van der Waals surface area contributed by atoms with E-state index in [1.807, 2.05) is 56.6 Å². The molecule has 0 radical (unpaired) electrons. The average Bonchev–Trinajstić information content (AvgIpc) is 3.44. The number of piperidine rings is 1. The highest BCUT2D eigenvalue weighted by Crippen LogP contribution is 2.31.